The maximum absolute atomic E-state index is 10.5. The lowest BCUT2D eigenvalue weighted by Crippen LogP contribution is -2.50. The average Bonchev–Trinajstić information content (AvgIpc) is 2.63. The van der Waals surface area contributed by atoms with Gasteiger partial charge in [0.15, 0.2) is 6.04 Å². The van der Waals surface area contributed by atoms with Crippen molar-refractivity contribution in [3.8, 4) is 0 Å². The van der Waals surface area contributed by atoms with Gasteiger partial charge in [-0.25, -0.2) is 0 Å². The van der Waals surface area contributed by atoms with Gasteiger partial charge in [0.2, 0.25) is 5.79 Å². The number of carboxylic acid groups (broad SMARTS) is 2. The lowest BCUT2D eigenvalue weighted by molar-refractivity contribution is -0.197. The third kappa shape index (κ3) is 6.17. The van der Waals surface area contributed by atoms with Gasteiger partial charge in [-0.1, -0.05) is 48.5 Å². The van der Waals surface area contributed by atoms with E-state index in [0.717, 1.165) is 5.69 Å². The molecule has 7 N–H and O–H groups in total. The first-order valence-electron chi connectivity index (χ1n) is 7.69. The van der Waals surface area contributed by atoms with Crippen LogP contribution >= 0.6 is 0 Å². The van der Waals surface area contributed by atoms with Crippen molar-refractivity contribution in [2.24, 2.45) is 5.73 Å². The van der Waals surface area contributed by atoms with E-state index in [0.29, 0.717) is 0 Å². The van der Waals surface area contributed by atoms with Crippen molar-refractivity contribution in [3.63, 3.8) is 0 Å². The van der Waals surface area contributed by atoms with Crippen LogP contribution in [-0.4, -0.2) is 44.4 Å². The van der Waals surface area contributed by atoms with Crippen LogP contribution in [0.25, 0.3) is 0 Å². The molecular formula is C18H22N2O6. The summed E-state index contributed by atoms with van der Waals surface area (Å²) in [6, 6.07) is 14.5. The van der Waals surface area contributed by atoms with E-state index in [2.05, 4.69) is 5.32 Å². The third-order valence-corrected chi connectivity index (χ3v) is 3.43. The first-order chi connectivity index (χ1) is 12.2. The minimum Gasteiger partial charge on any atom is -0.480 e. The van der Waals surface area contributed by atoms with Crippen LogP contribution in [0.3, 0.4) is 0 Å². The summed E-state index contributed by atoms with van der Waals surface area (Å²) >= 11 is 0. The number of aliphatic carboxylic acids is 2. The molecule has 0 fully saturated rings. The zero-order valence-electron chi connectivity index (χ0n) is 14.1. The normalized spacial score (nSPS) is 12.9. The van der Waals surface area contributed by atoms with E-state index in [1.807, 2.05) is 30.3 Å². The Labute approximate surface area is 150 Å². The second-order valence-electron chi connectivity index (χ2n) is 5.48. The third-order valence-electron chi connectivity index (χ3n) is 3.43. The molecule has 0 aromatic heterocycles. The summed E-state index contributed by atoms with van der Waals surface area (Å²) in [6.45, 7) is 1.61. The molecule has 0 aliphatic heterocycles. The number of benzene rings is 2. The molecule has 8 nitrogen and oxygen atoms in total. The maximum atomic E-state index is 10.5. The quantitative estimate of drug-likeness (QED) is 0.413. The number of carbonyl (C=O) groups is 2. The fourth-order valence-electron chi connectivity index (χ4n) is 1.88. The number of aliphatic hydroxyl groups is 2. The highest BCUT2D eigenvalue weighted by Crippen LogP contribution is 2.20. The number of para-hydroxylation sites is 1. The van der Waals surface area contributed by atoms with Crippen LogP contribution < -0.4 is 11.1 Å². The van der Waals surface area contributed by atoms with E-state index < -0.39 is 29.8 Å². The van der Waals surface area contributed by atoms with E-state index in [-0.39, 0.29) is 5.56 Å². The minimum absolute atomic E-state index is 0.0508. The molecule has 140 valence electrons. The van der Waals surface area contributed by atoms with E-state index in [1.54, 1.807) is 25.1 Å². The van der Waals surface area contributed by atoms with E-state index >= 15 is 0 Å². The van der Waals surface area contributed by atoms with Crippen molar-refractivity contribution >= 4 is 17.6 Å². The number of nitrogens with two attached hydrogens (primary N) is 1. The molecule has 2 atom stereocenters. The number of anilines is 1. The molecule has 0 saturated carbocycles. The number of hydrogen-bond acceptors (Lipinski definition) is 6. The number of nitrogens with one attached hydrogen (secondary N) is 1. The minimum atomic E-state index is -2.55. The molecule has 8 heteroatoms. The van der Waals surface area contributed by atoms with Crippen molar-refractivity contribution in [3.05, 3.63) is 66.2 Å². The van der Waals surface area contributed by atoms with Gasteiger partial charge in [0.1, 0.15) is 6.04 Å². The summed E-state index contributed by atoms with van der Waals surface area (Å²) in [5.41, 5.74) is 6.00. The van der Waals surface area contributed by atoms with E-state index in [1.165, 1.54) is 12.1 Å². The van der Waals surface area contributed by atoms with Crippen LogP contribution in [0, 0.1) is 0 Å². The number of carboxylic acids is 2. The Bertz CT molecular complexity index is 706. The first-order valence-corrected chi connectivity index (χ1v) is 7.69. The molecule has 0 amide bonds. The fourth-order valence-corrected chi connectivity index (χ4v) is 1.88. The van der Waals surface area contributed by atoms with Gasteiger partial charge in [-0.05, 0) is 19.1 Å². The molecule has 0 spiro atoms. The zero-order chi connectivity index (χ0) is 19.7. The highest BCUT2D eigenvalue weighted by Gasteiger charge is 2.38. The molecule has 2 rings (SSSR count). The van der Waals surface area contributed by atoms with Crippen molar-refractivity contribution in [1.82, 2.24) is 0 Å². The molecule has 0 aliphatic carbocycles. The molecule has 0 aliphatic rings. The lowest BCUT2D eigenvalue weighted by Gasteiger charge is -2.25. The highest BCUT2D eigenvalue weighted by molar-refractivity contribution is 5.76. The molecule has 2 aromatic rings. The topological polar surface area (TPSA) is 153 Å². The second kappa shape index (κ2) is 9.52. The van der Waals surface area contributed by atoms with E-state index in [4.69, 9.17) is 15.9 Å². The summed E-state index contributed by atoms with van der Waals surface area (Å²) in [6.07, 6.45) is 0. The van der Waals surface area contributed by atoms with E-state index in [9.17, 15) is 19.8 Å². The summed E-state index contributed by atoms with van der Waals surface area (Å²) < 4.78 is 0. The van der Waals surface area contributed by atoms with Gasteiger partial charge in [0, 0.05) is 11.3 Å². The van der Waals surface area contributed by atoms with Crippen LogP contribution in [0.1, 0.15) is 12.5 Å². The molecule has 0 saturated heterocycles. The SMILES string of the molecule is CC(Nc1ccccc1)C(=O)O.NC(C(=O)O)C(O)(O)c1ccccc1. The standard InChI is InChI=1S/C9H11NO4.C9H11NO2/c10-7(8(11)12)9(13,14)6-4-2-1-3-5-6;1-7(9(11)12)10-8-5-3-2-4-6-8/h1-5,7,13-14H,10H2,(H,11,12);2-7,10H,1H3,(H,11,12). The summed E-state index contributed by atoms with van der Waals surface area (Å²) in [5, 5.41) is 38.9. The molecule has 0 radical (unpaired) electrons. The van der Waals surface area contributed by atoms with Crippen LogP contribution in [0.15, 0.2) is 60.7 Å². The van der Waals surface area contributed by atoms with Crippen molar-refractivity contribution in [1.29, 1.82) is 0 Å². The lowest BCUT2D eigenvalue weighted by atomic mass is 9.99. The first kappa shape index (κ1) is 21.1. The van der Waals surface area contributed by atoms with Gasteiger partial charge in [-0.15, -0.1) is 0 Å². The molecule has 0 heterocycles. The molecule has 2 unspecified atom stereocenters. The van der Waals surface area contributed by atoms with Crippen molar-refractivity contribution in [2.45, 2.75) is 24.8 Å². The van der Waals surface area contributed by atoms with Crippen LogP contribution in [0.4, 0.5) is 5.69 Å². The van der Waals surface area contributed by atoms with Crippen molar-refractivity contribution in [2.75, 3.05) is 5.32 Å². The highest BCUT2D eigenvalue weighted by atomic mass is 16.5. The molecular weight excluding hydrogens is 340 g/mol. The van der Waals surface area contributed by atoms with Gasteiger partial charge in [-0.2, -0.15) is 0 Å². The Kier molecular flexibility index (Phi) is 7.73. The molecule has 2 aromatic carbocycles. The number of hydrogen-bond donors (Lipinski definition) is 6. The fraction of sp³-hybridized carbons (Fsp3) is 0.222. The van der Waals surface area contributed by atoms with Gasteiger partial charge in [0.25, 0.3) is 0 Å². The Morgan fingerprint density at radius 1 is 0.923 bits per heavy atom. The number of rotatable bonds is 6. The summed E-state index contributed by atoms with van der Waals surface area (Å²) in [7, 11) is 0. The van der Waals surface area contributed by atoms with Gasteiger partial charge < -0.3 is 31.5 Å². The van der Waals surface area contributed by atoms with Crippen LogP contribution in [0.2, 0.25) is 0 Å². The predicted octanol–water partition coefficient (Wildman–Crippen LogP) is 0.808. The Hall–Kier alpha value is -2.94. The summed E-state index contributed by atoms with van der Waals surface area (Å²) in [5.74, 6) is -4.87. The monoisotopic (exact) mass is 362 g/mol. The zero-order valence-corrected chi connectivity index (χ0v) is 14.1. The van der Waals surface area contributed by atoms with Crippen molar-refractivity contribution < 1.29 is 30.0 Å². The van der Waals surface area contributed by atoms with Crippen LogP contribution in [0.5, 0.6) is 0 Å². The smallest absolute Gasteiger partial charge is 0.326 e. The Balaban J connectivity index is 0.000000263. The van der Waals surface area contributed by atoms with Crippen LogP contribution in [-0.2, 0) is 15.4 Å². The maximum Gasteiger partial charge on any atom is 0.326 e. The average molecular weight is 362 g/mol. The summed E-state index contributed by atoms with van der Waals surface area (Å²) in [4.78, 5) is 20.9. The predicted molar refractivity (Wildman–Crippen MR) is 95.3 cm³/mol. The van der Waals surface area contributed by atoms with Gasteiger partial charge in [-0.3, -0.25) is 9.59 Å². The van der Waals surface area contributed by atoms with Gasteiger partial charge in [0.05, 0.1) is 0 Å². The Morgan fingerprint density at radius 2 is 1.38 bits per heavy atom. The largest absolute Gasteiger partial charge is 0.480 e. The molecule has 26 heavy (non-hydrogen) atoms. The molecule has 0 bridgehead atoms. The van der Waals surface area contributed by atoms with Gasteiger partial charge >= 0.3 is 11.9 Å². The Morgan fingerprint density at radius 3 is 1.81 bits per heavy atom. The second-order valence-corrected chi connectivity index (χ2v) is 5.48.